The first-order chi connectivity index (χ1) is 39.5. The van der Waals surface area contributed by atoms with Gasteiger partial charge in [0.1, 0.15) is 22.4 Å². The molecular formula is C59H85F3N8O15S. The van der Waals surface area contributed by atoms with E-state index < -0.39 is 68.2 Å². The van der Waals surface area contributed by atoms with Crippen LogP contribution >= 0.6 is 0 Å². The normalized spacial score (nSPS) is 17.1. The van der Waals surface area contributed by atoms with Crippen molar-refractivity contribution in [1.29, 1.82) is 0 Å². The molecule has 0 saturated heterocycles. The van der Waals surface area contributed by atoms with E-state index in [0.717, 1.165) is 40.3 Å². The molecule has 27 heteroatoms. The molecule has 4 amide bonds. The third kappa shape index (κ3) is 21.2. The van der Waals surface area contributed by atoms with Gasteiger partial charge >= 0.3 is 40.0 Å². The molecule has 4 aromatic rings. The maximum Gasteiger partial charge on any atom is 0.534 e. The van der Waals surface area contributed by atoms with Gasteiger partial charge in [-0.15, -0.1) is 0 Å². The minimum absolute atomic E-state index is 0.0352. The lowest BCUT2D eigenvalue weighted by Gasteiger charge is -2.36. The van der Waals surface area contributed by atoms with Crippen molar-refractivity contribution in [3.05, 3.63) is 104 Å². The summed E-state index contributed by atoms with van der Waals surface area (Å²) < 4.78 is 94.9. The standard InChI is InChI=1S/C15H19F3N2O5S.C15H24N2O4.C15H22N2O3.C14H20N2O3/c1-9-11-8-19-12(25-26(22,23)15(16,17)18)7-10(11)5-6-20(9)13(21)24-14(2,3)4;1-10(18)12-9-17-13(20-5)8-11(12)6-7-16-14(19)21-15(2,3)4;1-10-12-9-16-13(19-5)8-11(12)6-7-17(10)14(18)20-15(2,3)4;1-9-11-8-15-12(17)7-10(11)5-6-16(9)13(18)19-14(2,3)4/h7-9H,5-6H2,1-4H3;8-10,18H,6-7H2,1-5H3,(H,16,19);8-10H,6-7H2,1-5H3;7-9H,5-6H2,1-4H3,(H,15,17). The van der Waals surface area contributed by atoms with Crippen molar-refractivity contribution in [3.63, 3.8) is 0 Å². The van der Waals surface area contributed by atoms with E-state index in [1.54, 1.807) is 82.3 Å². The number of carbonyl (C=O) groups is 4. The molecule has 3 N–H and O–H groups in total. The molecular weight excluding hydrogens is 1150 g/mol. The molecule has 7 heterocycles. The molecule has 0 fully saturated rings. The van der Waals surface area contributed by atoms with Gasteiger partial charge in [0.2, 0.25) is 23.2 Å². The molecule has 0 aromatic carbocycles. The number of aliphatic hydroxyl groups excluding tert-OH is 1. The predicted octanol–water partition coefficient (Wildman–Crippen LogP) is 10.5. The second kappa shape index (κ2) is 28.8. The summed E-state index contributed by atoms with van der Waals surface area (Å²) >= 11 is 0. The first kappa shape index (κ1) is 71.1. The van der Waals surface area contributed by atoms with Gasteiger partial charge in [-0.3, -0.25) is 4.79 Å². The second-order valence-corrected chi connectivity index (χ2v) is 26.0. The maximum absolute atomic E-state index is 12.4. The molecule has 4 unspecified atom stereocenters. The molecule has 0 spiro atoms. The topological polar surface area (TPSA) is 281 Å². The van der Waals surface area contributed by atoms with Crippen LogP contribution in [0.2, 0.25) is 0 Å². The Balaban J connectivity index is 0.000000247. The van der Waals surface area contributed by atoms with Crippen LogP contribution in [0.3, 0.4) is 0 Å². The molecule has 3 aliphatic rings. The minimum atomic E-state index is -5.78. The van der Waals surface area contributed by atoms with Crippen LogP contribution in [0.1, 0.15) is 180 Å². The first-order valence-electron chi connectivity index (χ1n) is 27.9. The maximum atomic E-state index is 12.4. The van der Waals surface area contributed by atoms with E-state index in [4.69, 9.17) is 28.4 Å². The highest BCUT2D eigenvalue weighted by Crippen LogP contribution is 2.35. The van der Waals surface area contributed by atoms with Gasteiger partial charge in [0.05, 0.1) is 38.4 Å². The predicted molar refractivity (Wildman–Crippen MR) is 312 cm³/mol. The highest BCUT2D eigenvalue weighted by molar-refractivity contribution is 7.88. The lowest BCUT2D eigenvalue weighted by molar-refractivity contribution is -0.0501. The van der Waals surface area contributed by atoms with E-state index in [9.17, 15) is 50.7 Å². The summed E-state index contributed by atoms with van der Waals surface area (Å²) in [4.78, 5) is 79.0. The summed E-state index contributed by atoms with van der Waals surface area (Å²) in [6.45, 7) is 31.0. The average Bonchev–Trinajstić information content (AvgIpc) is 1.24. The Hall–Kier alpha value is -7.42. The van der Waals surface area contributed by atoms with Crippen molar-refractivity contribution in [2.24, 2.45) is 0 Å². The molecule has 0 radical (unpaired) electrons. The van der Waals surface area contributed by atoms with Gasteiger partial charge in [-0.1, -0.05) is 0 Å². The second-order valence-electron chi connectivity index (χ2n) is 24.5. The number of rotatable bonds is 8. The number of amides is 4. The van der Waals surface area contributed by atoms with Crippen LogP contribution in [0.25, 0.3) is 0 Å². The Morgan fingerprint density at radius 1 is 0.628 bits per heavy atom. The number of fused-ring (bicyclic) bond motifs is 3. The van der Waals surface area contributed by atoms with Crippen molar-refractivity contribution < 1.29 is 78.5 Å². The number of methoxy groups -OCH3 is 2. The molecule has 0 bridgehead atoms. The van der Waals surface area contributed by atoms with Crippen LogP contribution in [0, 0.1) is 0 Å². The first-order valence-corrected chi connectivity index (χ1v) is 29.3. The number of H-pyrrole nitrogens is 1. The number of carbonyl (C=O) groups excluding carboxylic acids is 4. The SMILES string of the molecule is CC1c2c[nH]c(=O)cc2CCN1C(=O)OC(C)(C)C.CC1c2cnc(OS(=O)(=O)C(F)(F)F)cc2CCN1C(=O)OC(C)(C)C.COc1cc(CCNC(=O)OC(C)(C)C)c(C(C)O)cn1.COc1cc2c(cn1)C(C)N(C(=O)OC(C)(C)C)CC2. The van der Waals surface area contributed by atoms with Gasteiger partial charge in [-0.2, -0.15) is 21.6 Å². The highest BCUT2D eigenvalue weighted by atomic mass is 32.2. The van der Waals surface area contributed by atoms with E-state index in [1.807, 2.05) is 82.2 Å². The van der Waals surface area contributed by atoms with Gasteiger partial charge in [-0.05, 0) is 175 Å². The number of halogens is 3. The largest absolute Gasteiger partial charge is 0.534 e. The fraction of sp³-hybridized carbons (Fsp3) is 0.593. The number of hydrogen-bond acceptors (Lipinski definition) is 18. The minimum Gasteiger partial charge on any atom is -0.481 e. The lowest BCUT2D eigenvalue weighted by Crippen LogP contribution is -2.42. The fourth-order valence-corrected chi connectivity index (χ4v) is 9.33. The monoisotopic (exact) mass is 1230 g/mol. The molecule has 86 heavy (non-hydrogen) atoms. The molecule has 0 saturated carbocycles. The van der Waals surface area contributed by atoms with E-state index in [2.05, 4.69) is 29.4 Å². The van der Waals surface area contributed by atoms with E-state index in [1.165, 1.54) is 23.8 Å². The Morgan fingerprint density at radius 2 is 1.01 bits per heavy atom. The number of alkyl halides is 3. The Morgan fingerprint density at radius 3 is 1.42 bits per heavy atom. The van der Waals surface area contributed by atoms with Crippen LogP contribution in [-0.4, -0.2) is 141 Å². The van der Waals surface area contributed by atoms with Crippen LogP contribution in [0.5, 0.6) is 17.6 Å². The smallest absolute Gasteiger partial charge is 0.481 e. The summed E-state index contributed by atoms with van der Waals surface area (Å²) in [5, 5.41) is 12.4. The van der Waals surface area contributed by atoms with Gasteiger partial charge in [0.25, 0.3) is 0 Å². The van der Waals surface area contributed by atoms with Crippen molar-refractivity contribution in [2.75, 3.05) is 40.4 Å². The number of aromatic nitrogens is 4. The number of nitrogens with one attached hydrogen (secondary N) is 2. The highest BCUT2D eigenvalue weighted by Gasteiger charge is 2.49. The molecule has 4 atom stereocenters. The van der Waals surface area contributed by atoms with Crippen molar-refractivity contribution >= 4 is 34.5 Å². The van der Waals surface area contributed by atoms with Crippen LogP contribution < -0.4 is 24.5 Å². The summed E-state index contributed by atoms with van der Waals surface area (Å²) in [7, 11) is -2.64. The molecule has 4 aromatic heterocycles. The number of ether oxygens (including phenoxy) is 6. The molecule has 0 aliphatic carbocycles. The Labute approximate surface area is 501 Å². The van der Waals surface area contributed by atoms with Gasteiger partial charge in [0, 0.05) is 80.8 Å². The fourth-order valence-electron chi connectivity index (χ4n) is 8.92. The quantitative estimate of drug-likeness (QED) is 0.0840. The summed E-state index contributed by atoms with van der Waals surface area (Å²) in [6.07, 6.45) is 6.42. The number of aromatic amines is 1. The summed E-state index contributed by atoms with van der Waals surface area (Å²) in [5.74, 6) is 0.423. The van der Waals surface area contributed by atoms with Gasteiger partial charge in [0.15, 0.2) is 0 Å². The molecule has 3 aliphatic heterocycles. The van der Waals surface area contributed by atoms with Gasteiger partial charge in [-0.25, -0.2) is 34.1 Å². The number of aliphatic hydroxyl groups is 1. The van der Waals surface area contributed by atoms with E-state index >= 15 is 0 Å². The Kier molecular flexibility index (Phi) is 23.8. The number of nitrogens with zero attached hydrogens (tertiary/aromatic N) is 6. The van der Waals surface area contributed by atoms with E-state index in [0.29, 0.717) is 61.8 Å². The number of alkyl carbamates (subject to hydrolysis) is 1. The van der Waals surface area contributed by atoms with E-state index in [-0.39, 0.29) is 36.4 Å². The number of pyridine rings is 4. The molecule has 23 nitrogen and oxygen atoms in total. The van der Waals surface area contributed by atoms with Crippen molar-refractivity contribution in [1.82, 2.24) is 40.0 Å². The third-order valence-electron chi connectivity index (χ3n) is 13.0. The zero-order chi connectivity index (χ0) is 65.1. The van der Waals surface area contributed by atoms with Crippen LogP contribution in [-0.2, 0) is 54.7 Å². The van der Waals surface area contributed by atoms with Crippen molar-refractivity contribution in [3.8, 4) is 17.6 Å². The zero-order valence-corrected chi connectivity index (χ0v) is 53.3. The summed E-state index contributed by atoms with van der Waals surface area (Å²) in [6, 6.07) is 5.90. The Bertz CT molecular complexity index is 3170. The summed E-state index contributed by atoms with van der Waals surface area (Å²) in [5.41, 5.74) is -0.819. The zero-order valence-electron chi connectivity index (χ0n) is 52.5. The third-order valence-corrected chi connectivity index (χ3v) is 13.9. The molecule has 7 rings (SSSR count). The van der Waals surface area contributed by atoms with Crippen molar-refractivity contribution in [2.45, 2.75) is 189 Å². The van der Waals surface area contributed by atoms with Crippen LogP contribution in [0.4, 0.5) is 32.3 Å². The number of hydrogen-bond donors (Lipinski definition) is 3. The van der Waals surface area contributed by atoms with Crippen LogP contribution in [0.15, 0.2) is 53.8 Å². The lowest BCUT2D eigenvalue weighted by atomic mass is 9.96. The average molecular weight is 1240 g/mol. The van der Waals surface area contributed by atoms with Gasteiger partial charge < -0.3 is 62.7 Å². The molecule has 478 valence electrons.